The van der Waals surface area contributed by atoms with Crippen LogP contribution >= 0.6 is 45.3 Å². The van der Waals surface area contributed by atoms with Crippen molar-refractivity contribution in [2.75, 3.05) is 0 Å². The molecule has 4 aromatic heterocycles. The van der Waals surface area contributed by atoms with Crippen molar-refractivity contribution in [3.63, 3.8) is 0 Å². The first kappa shape index (κ1) is 46.4. The topological polar surface area (TPSA) is 56.3 Å². The van der Waals surface area contributed by atoms with E-state index < -0.39 is 0 Å². The van der Waals surface area contributed by atoms with Gasteiger partial charge in [-0.3, -0.25) is 0 Å². The number of nitrogens with zero attached hydrogens (tertiary/aromatic N) is 4. The van der Waals surface area contributed by atoms with Gasteiger partial charge in [0.2, 0.25) is 0 Å². The fraction of sp³-hybridized carbons (Fsp3) is 0.370. The normalized spacial score (nSPS) is 13.3. The molecule has 4 nitrogen and oxygen atoms in total. The van der Waals surface area contributed by atoms with E-state index in [0.29, 0.717) is 44.6 Å². The minimum Gasteiger partial charge on any atom is -0.192 e. The van der Waals surface area contributed by atoms with Crippen molar-refractivity contribution in [2.45, 2.75) is 131 Å². The van der Waals surface area contributed by atoms with Gasteiger partial charge in [0.15, 0.2) is 0 Å². The maximum absolute atomic E-state index is 9.74. The third-order valence-electron chi connectivity index (χ3n) is 11.7. The van der Waals surface area contributed by atoms with Crippen LogP contribution in [-0.4, -0.2) is 0 Å². The van der Waals surface area contributed by atoms with Gasteiger partial charge in [0, 0.05) is 27.2 Å². The van der Waals surface area contributed by atoms with Crippen LogP contribution < -0.4 is 9.06 Å². The van der Waals surface area contributed by atoms with E-state index >= 15 is 0 Å². The molecule has 0 saturated heterocycles. The molecule has 2 aromatic carbocycles. The highest BCUT2D eigenvalue weighted by atomic mass is 32.1. The molecule has 0 aliphatic carbocycles. The van der Waals surface area contributed by atoms with E-state index in [0.717, 1.165) is 31.0 Å². The summed E-state index contributed by atoms with van der Waals surface area (Å²) in [5, 5.41) is 19.5. The molecule has 0 amide bonds. The van der Waals surface area contributed by atoms with Gasteiger partial charge in [0.25, 0.3) is 0 Å². The van der Waals surface area contributed by atoms with Crippen LogP contribution in [0.3, 0.4) is 0 Å². The zero-order chi connectivity index (χ0) is 45.2. The predicted octanol–water partition coefficient (Wildman–Crippen LogP) is 14.8. The van der Waals surface area contributed by atoms with E-state index in [1.54, 1.807) is 11.3 Å². The molecular weight excluding hydrogens is 833 g/mol. The summed E-state index contributed by atoms with van der Waals surface area (Å²) >= 11 is 6.63. The van der Waals surface area contributed by atoms with E-state index in [4.69, 9.17) is 13.1 Å². The van der Waals surface area contributed by atoms with Gasteiger partial charge in [-0.05, 0) is 140 Å². The number of hydrogen-bond donors (Lipinski definition) is 0. The fourth-order valence-corrected chi connectivity index (χ4v) is 12.8. The lowest BCUT2D eigenvalue weighted by atomic mass is 9.82. The number of nitriles is 2. The second kappa shape index (κ2) is 19.5. The molecule has 4 heterocycles. The predicted molar refractivity (Wildman–Crippen MR) is 264 cm³/mol. The monoisotopic (exact) mass is 888 g/mol. The molecule has 6 rings (SSSR count). The van der Waals surface area contributed by atoms with Crippen LogP contribution in [0.25, 0.3) is 21.1 Å². The highest BCUT2D eigenvalue weighted by molar-refractivity contribution is 7.14. The summed E-state index contributed by atoms with van der Waals surface area (Å²) in [6.45, 7) is 42.9. The first-order valence-corrected chi connectivity index (χ1v) is 24.9. The highest BCUT2D eigenvalue weighted by Gasteiger charge is 2.22. The van der Waals surface area contributed by atoms with Crippen LogP contribution in [-0.2, 0) is 12.8 Å². The summed E-state index contributed by atoms with van der Waals surface area (Å²) in [4.78, 5) is 7.07. The Morgan fingerprint density at radius 3 is 1.16 bits per heavy atom. The number of benzene rings is 2. The average Bonchev–Trinajstić information content (AvgIpc) is 4.06. The van der Waals surface area contributed by atoms with Gasteiger partial charge < -0.3 is 0 Å². The van der Waals surface area contributed by atoms with E-state index in [2.05, 4.69) is 153 Å². The molecule has 0 spiro atoms. The molecule has 0 bridgehead atoms. The second-order valence-electron chi connectivity index (χ2n) is 18.0. The molecule has 0 unspecified atom stereocenters. The lowest BCUT2D eigenvalue weighted by Crippen LogP contribution is -2.07. The Kier molecular flexibility index (Phi) is 14.6. The van der Waals surface area contributed by atoms with E-state index in [-0.39, 0.29) is 11.4 Å². The van der Waals surface area contributed by atoms with Crippen LogP contribution in [0.1, 0.15) is 174 Å². The van der Waals surface area contributed by atoms with Crippen molar-refractivity contribution in [3.8, 4) is 12.1 Å². The molecule has 8 heteroatoms. The second-order valence-corrected chi connectivity index (χ2v) is 22.3. The van der Waals surface area contributed by atoms with Gasteiger partial charge in [-0.2, -0.15) is 20.2 Å². The average molecular weight is 889 g/mol. The first-order valence-electron chi connectivity index (χ1n) is 21.6. The van der Waals surface area contributed by atoms with Crippen LogP contribution in [0.15, 0.2) is 60.7 Å². The van der Waals surface area contributed by atoms with Crippen molar-refractivity contribution < 1.29 is 0 Å². The summed E-state index contributed by atoms with van der Waals surface area (Å²) in [5.74, 6) is 2.32. The van der Waals surface area contributed by atoms with Gasteiger partial charge in [0.1, 0.15) is 35.4 Å². The van der Waals surface area contributed by atoms with Gasteiger partial charge in [0.05, 0.1) is 4.53 Å². The van der Waals surface area contributed by atoms with E-state index in [1.807, 2.05) is 23.5 Å². The molecule has 0 fully saturated rings. The van der Waals surface area contributed by atoms with Crippen molar-refractivity contribution >= 4 is 56.7 Å². The molecule has 6 aromatic rings. The van der Waals surface area contributed by atoms with Crippen molar-refractivity contribution in [2.24, 2.45) is 0 Å². The summed E-state index contributed by atoms with van der Waals surface area (Å²) in [6.07, 6.45) is 1.56. The summed E-state index contributed by atoms with van der Waals surface area (Å²) in [5.41, 5.74) is 13.8. The maximum Gasteiger partial charge on any atom is 0.536 e. The lowest BCUT2D eigenvalue weighted by Gasteiger charge is -2.23. The van der Waals surface area contributed by atoms with Gasteiger partial charge in [-0.25, -0.2) is 0 Å². The minimum absolute atomic E-state index is 0.103. The summed E-state index contributed by atoms with van der Waals surface area (Å²) in [6, 6.07) is 26.6. The van der Waals surface area contributed by atoms with Crippen molar-refractivity contribution in [3.05, 3.63) is 175 Å². The van der Waals surface area contributed by atoms with Crippen LogP contribution in [0, 0.1) is 63.0 Å². The van der Waals surface area contributed by atoms with Crippen molar-refractivity contribution in [1.29, 1.82) is 10.5 Å². The number of hydrogen-bond acceptors (Lipinski definition) is 6. The largest absolute Gasteiger partial charge is 0.536 e. The molecule has 0 radical (unpaired) electrons. The fourth-order valence-electron chi connectivity index (χ4n) is 8.21. The Labute approximate surface area is 383 Å². The van der Waals surface area contributed by atoms with E-state index in [1.165, 1.54) is 87.4 Å². The quantitative estimate of drug-likeness (QED) is 0.129. The van der Waals surface area contributed by atoms with Gasteiger partial charge in [-0.15, -0.1) is 45.3 Å². The van der Waals surface area contributed by atoms with Gasteiger partial charge >= 0.3 is 5.82 Å². The third kappa shape index (κ3) is 9.61. The summed E-state index contributed by atoms with van der Waals surface area (Å²) < 4.78 is 8.21. The molecule has 316 valence electrons. The molecule has 0 atom stereocenters. The Balaban J connectivity index is 1.84. The molecule has 0 saturated carbocycles. The van der Waals surface area contributed by atoms with Crippen LogP contribution in [0.4, 0.5) is 0 Å². The lowest BCUT2D eigenvalue weighted by molar-refractivity contribution is 0.782. The minimum atomic E-state index is 0.103. The Morgan fingerprint density at radius 2 is 0.839 bits per heavy atom. The Hall–Kier alpha value is -5.06. The van der Waals surface area contributed by atoms with Crippen molar-refractivity contribution in [1.82, 2.24) is 0 Å². The molecule has 0 aliphatic rings. The molecule has 0 aliphatic heterocycles. The number of rotatable bonds is 10. The Bertz CT molecular complexity index is 2960. The van der Waals surface area contributed by atoms with Gasteiger partial charge in [-0.1, -0.05) is 107 Å². The number of thiophene rings is 4. The SMILES string of the molecule is [C-]#[N+]C([N+]#[C-])=c1cc/c(=c2/cc(Cc3c(C(C)C)cc(C(C)C)cc3C(C)C)/c(=c3\s/c(=c4\ccc(=C(C#N)C#N)s4)cc3Cc3c(C(C)C)cc(C(C)C)cc3C(C)C)s2)s1. The highest BCUT2D eigenvalue weighted by Crippen LogP contribution is 2.37. The standard InChI is InChI=1S/C54H56N4S4/c1-29(2)35-19-40(31(5)6)44(41(20-35)32(7)8)23-37-25-50(47-16-15-46(59-47)39(27-55)28-56)61-52(37)53-38(26-51(62-53)48-17-18-49(60-48)54(57-13)58-14)24-45-42(33(9)10)21-36(30(3)4)22-43(45)34(11)12/h15-22,25-26,29-34H,23-24H2,1-12H3/b50-47+,51-48+,53-52+. The molecule has 0 N–H and O–H groups in total. The van der Waals surface area contributed by atoms with Crippen LogP contribution in [0.5, 0.6) is 0 Å². The molecular formula is C54H56N4S4. The van der Waals surface area contributed by atoms with Crippen LogP contribution in [0.2, 0.25) is 0 Å². The zero-order valence-corrected chi connectivity index (χ0v) is 41.3. The maximum atomic E-state index is 9.74. The smallest absolute Gasteiger partial charge is 0.192 e. The van der Waals surface area contributed by atoms with E-state index in [9.17, 15) is 10.5 Å². The third-order valence-corrected chi connectivity index (χ3v) is 16.8. The zero-order valence-electron chi connectivity index (χ0n) is 38.1. The first-order chi connectivity index (χ1) is 29.5. The summed E-state index contributed by atoms with van der Waals surface area (Å²) in [7, 11) is 0. The Morgan fingerprint density at radius 1 is 0.484 bits per heavy atom. The molecule has 62 heavy (non-hydrogen) atoms.